The number of amides is 1. The summed E-state index contributed by atoms with van der Waals surface area (Å²) in [6.07, 6.45) is 2.69. The maximum absolute atomic E-state index is 13.6. The number of methoxy groups -OCH3 is 1. The second-order valence-electron chi connectivity index (χ2n) is 9.58. The minimum absolute atomic E-state index is 0. The van der Waals surface area contributed by atoms with Crippen molar-refractivity contribution >= 4 is 55.0 Å². The number of carbonyl (C=O) groups is 1. The van der Waals surface area contributed by atoms with Crippen LogP contribution in [-0.4, -0.2) is 75.9 Å². The summed E-state index contributed by atoms with van der Waals surface area (Å²) in [6, 6.07) is 12.0. The van der Waals surface area contributed by atoms with E-state index in [-0.39, 0.29) is 23.2 Å². The Morgan fingerprint density at radius 2 is 1.89 bits per heavy atom. The third-order valence-electron chi connectivity index (χ3n) is 6.41. The predicted molar refractivity (Wildman–Crippen MR) is 152 cm³/mol. The largest absolute Gasteiger partial charge is 0.497 e. The van der Waals surface area contributed by atoms with Crippen LogP contribution in [0.25, 0.3) is 10.2 Å². The molecular formula is C26H35ClN4O4S2. The highest BCUT2D eigenvalue weighted by Gasteiger charge is 2.29. The normalized spacial score (nSPS) is 16.5. The fraction of sp³-hybridized carbons (Fsp3) is 0.462. The number of nitrogens with zero attached hydrogens (tertiary/aromatic N) is 4. The van der Waals surface area contributed by atoms with E-state index in [0.29, 0.717) is 42.0 Å². The van der Waals surface area contributed by atoms with Gasteiger partial charge in [-0.1, -0.05) is 18.3 Å². The van der Waals surface area contributed by atoms with E-state index in [1.54, 1.807) is 40.6 Å². The number of aromatic nitrogens is 1. The average Bonchev–Trinajstić information content (AvgIpc) is 3.29. The van der Waals surface area contributed by atoms with Gasteiger partial charge in [-0.25, -0.2) is 13.4 Å². The zero-order valence-corrected chi connectivity index (χ0v) is 24.2. The van der Waals surface area contributed by atoms with E-state index in [2.05, 4.69) is 11.8 Å². The molecule has 11 heteroatoms. The number of piperidine rings is 1. The number of anilines is 1. The van der Waals surface area contributed by atoms with Crippen LogP contribution in [0.1, 0.15) is 36.5 Å². The van der Waals surface area contributed by atoms with Gasteiger partial charge in [-0.05, 0) is 82.2 Å². The molecule has 1 atom stereocenters. The number of thiazole rings is 1. The number of ether oxygens (including phenoxy) is 1. The van der Waals surface area contributed by atoms with Crippen molar-refractivity contribution in [3.63, 3.8) is 0 Å². The van der Waals surface area contributed by atoms with Gasteiger partial charge < -0.3 is 9.64 Å². The summed E-state index contributed by atoms with van der Waals surface area (Å²) >= 11 is 1.46. The number of hydrogen-bond acceptors (Lipinski definition) is 7. The standard InChI is InChI=1S/C26H34N4O4S2.ClH/c1-19-7-5-15-29(18-19)36(32,33)22-11-8-20(9-12-22)25(31)30(16-6-14-28(2)3)26-27-23-17-21(34-4)10-13-24(23)35-26;/h8-13,17,19H,5-7,14-16,18H2,1-4H3;1H. The molecule has 2 heterocycles. The first kappa shape index (κ1) is 29.3. The Balaban J connectivity index is 0.00000380. The molecule has 1 aromatic heterocycles. The Morgan fingerprint density at radius 3 is 2.54 bits per heavy atom. The van der Waals surface area contributed by atoms with Crippen LogP contribution in [0, 0.1) is 5.92 Å². The lowest BCUT2D eigenvalue weighted by atomic mass is 10.0. The van der Waals surface area contributed by atoms with Gasteiger partial charge in [-0.2, -0.15) is 4.31 Å². The van der Waals surface area contributed by atoms with Crippen LogP contribution in [0.5, 0.6) is 5.75 Å². The average molecular weight is 567 g/mol. The molecule has 4 rings (SSSR count). The van der Waals surface area contributed by atoms with E-state index >= 15 is 0 Å². The van der Waals surface area contributed by atoms with E-state index in [1.807, 2.05) is 32.3 Å². The molecule has 1 amide bonds. The summed E-state index contributed by atoms with van der Waals surface area (Å²) in [5.41, 5.74) is 1.21. The number of benzene rings is 2. The van der Waals surface area contributed by atoms with Crippen molar-refractivity contribution < 1.29 is 17.9 Å². The molecule has 0 aliphatic carbocycles. The summed E-state index contributed by atoms with van der Waals surface area (Å²) in [6.45, 7) is 4.47. The minimum atomic E-state index is -3.58. The summed E-state index contributed by atoms with van der Waals surface area (Å²) in [7, 11) is 2.03. The number of halogens is 1. The Labute approximate surface area is 229 Å². The highest BCUT2D eigenvalue weighted by Crippen LogP contribution is 2.32. The topological polar surface area (TPSA) is 83.0 Å². The molecule has 1 aliphatic heterocycles. The SMILES string of the molecule is COc1ccc2sc(N(CCCN(C)C)C(=O)c3ccc(S(=O)(=O)N4CCCC(C)C4)cc3)nc2c1.Cl. The van der Waals surface area contributed by atoms with Crippen LogP contribution in [0.2, 0.25) is 0 Å². The summed E-state index contributed by atoms with van der Waals surface area (Å²) in [4.78, 5) is 22.3. The minimum Gasteiger partial charge on any atom is -0.497 e. The Bertz CT molecular complexity index is 1310. The van der Waals surface area contributed by atoms with E-state index in [0.717, 1.165) is 36.0 Å². The monoisotopic (exact) mass is 566 g/mol. The van der Waals surface area contributed by atoms with E-state index < -0.39 is 10.0 Å². The lowest BCUT2D eigenvalue weighted by molar-refractivity contribution is 0.0986. The van der Waals surface area contributed by atoms with Gasteiger partial charge in [0.05, 0.1) is 22.2 Å². The van der Waals surface area contributed by atoms with Crippen LogP contribution in [0.15, 0.2) is 47.4 Å². The molecule has 1 unspecified atom stereocenters. The van der Waals surface area contributed by atoms with Crippen LogP contribution in [0.3, 0.4) is 0 Å². The molecule has 3 aromatic rings. The molecule has 2 aromatic carbocycles. The first-order chi connectivity index (χ1) is 17.2. The second kappa shape index (κ2) is 12.5. The zero-order chi connectivity index (χ0) is 25.9. The first-order valence-corrected chi connectivity index (χ1v) is 14.5. The molecule has 37 heavy (non-hydrogen) atoms. The van der Waals surface area contributed by atoms with Crippen molar-refractivity contribution in [2.24, 2.45) is 5.92 Å². The van der Waals surface area contributed by atoms with E-state index in [9.17, 15) is 13.2 Å². The molecular weight excluding hydrogens is 532 g/mol. The fourth-order valence-electron chi connectivity index (χ4n) is 4.41. The van der Waals surface area contributed by atoms with Crippen LogP contribution < -0.4 is 9.64 Å². The van der Waals surface area contributed by atoms with Crippen molar-refractivity contribution in [3.8, 4) is 5.75 Å². The van der Waals surface area contributed by atoms with Crippen LogP contribution in [-0.2, 0) is 10.0 Å². The van der Waals surface area contributed by atoms with Gasteiger partial charge in [0.2, 0.25) is 10.0 Å². The van der Waals surface area contributed by atoms with Gasteiger partial charge >= 0.3 is 0 Å². The molecule has 1 aliphatic rings. The molecule has 8 nitrogen and oxygen atoms in total. The molecule has 0 N–H and O–H groups in total. The van der Waals surface area contributed by atoms with Gasteiger partial charge in [0.15, 0.2) is 5.13 Å². The van der Waals surface area contributed by atoms with Crippen LogP contribution >= 0.6 is 23.7 Å². The highest BCUT2D eigenvalue weighted by molar-refractivity contribution is 7.89. The lowest BCUT2D eigenvalue weighted by Crippen LogP contribution is -2.39. The third kappa shape index (κ3) is 6.80. The molecule has 0 saturated carbocycles. The lowest BCUT2D eigenvalue weighted by Gasteiger charge is -2.30. The van der Waals surface area contributed by atoms with Gasteiger partial charge in [0.1, 0.15) is 5.75 Å². The fourth-order valence-corrected chi connectivity index (χ4v) is 6.97. The number of fused-ring (bicyclic) bond motifs is 1. The Hall–Kier alpha value is -2.24. The number of carbonyl (C=O) groups excluding carboxylic acids is 1. The highest BCUT2D eigenvalue weighted by atomic mass is 35.5. The second-order valence-corrected chi connectivity index (χ2v) is 12.5. The molecule has 0 radical (unpaired) electrons. The van der Waals surface area contributed by atoms with E-state index in [1.165, 1.54) is 11.3 Å². The van der Waals surface area contributed by atoms with Crippen molar-refractivity contribution in [2.45, 2.75) is 31.1 Å². The molecule has 202 valence electrons. The van der Waals surface area contributed by atoms with Gasteiger partial charge in [-0.3, -0.25) is 9.69 Å². The predicted octanol–water partition coefficient (Wildman–Crippen LogP) is 4.75. The summed E-state index contributed by atoms with van der Waals surface area (Å²) in [5, 5.41) is 0.612. The maximum atomic E-state index is 13.6. The Kier molecular flexibility index (Phi) is 9.93. The Morgan fingerprint density at radius 1 is 1.16 bits per heavy atom. The molecule has 1 fully saturated rings. The van der Waals surface area contributed by atoms with Gasteiger partial charge in [0.25, 0.3) is 5.91 Å². The maximum Gasteiger partial charge on any atom is 0.260 e. The van der Waals surface area contributed by atoms with Gasteiger partial charge in [0, 0.05) is 31.3 Å². The summed E-state index contributed by atoms with van der Waals surface area (Å²) in [5.74, 6) is 0.860. The molecule has 0 bridgehead atoms. The van der Waals surface area contributed by atoms with Crippen LogP contribution in [0.4, 0.5) is 5.13 Å². The molecule has 0 spiro atoms. The number of rotatable bonds is 9. The quantitative estimate of drug-likeness (QED) is 0.372. The smallest absolute Gasteiger partial charge is 0.260 e. The summed E-state index contributed by atoms with van der Waals surface area (Å²) < 4.78 is 34.1. The van der Waals surface area contributed by atoms with Crippen molar-refractivity contribution in [2.75, 3.05) is 52.3 Å². The molecule has 1 saturated heterocycles. The van der Waals surface area contributed by atoms with Crippen molar-refractivity contribution in [1.82, 2.24) is 14.2 Å². The first-order valence-electron chi connectivity index (χ1n) is 12.2. The van der Waals surface area contributed by atoms with Gasteiger partial charge in [-0.15, -0.1) is 12.4 Å². The van der Waals surface area contributed by atoms with Crippen molar-refractivity contribution in [1.29, 1.82) is 0 Å². The number of sulfonamides is 1. The number of hydrogen-bond donors (Lipinski definition) is 0. The third-order valence-corrected chi connectivity index (χ3v) is 9.34. The van der Waals surface area contributed by atoms with E-state index in [4.69, 9.17) is 9.72 Å². The zero-order valence-electron chi connectivity index (χ0n) is 21.7. The van der Waals surface area contributed by atoms with Crippen molar-refractivity contribution in [3.05, 3.63) is 48.0 Å².